The second kappa shape index (κ2) is 6.86. The minimum absolute atomic E-state index is 0.169. The lowest BCUT2D eigenvalue weighted by Crippen LogP contribution is -2.53. The summed E-state index contributed by atoms with van der Waals surface area (Å²) in [6.07, 6.45) is 2.03. The molecule has 1 heterocycles. The van der Waals surface area contributed by atoms with Crippen LogP contribution in [0.5, 0.6) is 0 Å². The maximum absolute atomic E-state index is 11.8. The first kappa shape index (κ1) is 13.5. The molecule has 0 aliphatic carbocycles. The SMILES string of the molecule is CCC(CC)NC(=O)CN1CCNC[C@H]1C. The first-order valence-corrected chi connectivity index (χ1v) is 6.41. The van der Waals surface area contributed by atoms with Crippen molar-refractivity contribution < 1.29 is 4.79 Å². The zero-order valence-electron chi connectivity index (χ0n) is 10.8. The van der Waals surface area contributed by atoms with Crippen LogP contribution in [0.4, 0.5) is 0 Å². The first-order valence-electron chi connectivity index (χ1n) is 6.41. The minimum atomic E-state index is 0.169. The molecule has 0 unspecified atom stereocenters. The van der Waals surface area contributed by atoms with Crippen molar-refractivity contribution in [1.29, 1.82) is 0 Å². The molecule has 1 atom stereocenters. The third-order valence-corrected chi connectivity index (χ3v) is 3.34. The molecule has 1 amide bonds. The highest BCUT2D eigenvalue weighted by atomic mass is 16.2. The first-order chi connectivity index (χ1) is 7.67. The van der Waals surface area contributed by atoms with Crippen LogP contribution in [0, 0.1) is 0 Å². The number of piperazine rings is 1. The molecule has 16 heavy (non-hydrogen) atoms. The monoisotopic (exact) mass is 227 g/mol. The zero-order valence-corrected chi connectivity index (χ0v) is 10.8. The van der Waals surface area contributed by atoms with Crippen molar-refractivity contribution in [2.45, 2.75) is 45.7 Å². The van der Waals surface area contributed by atoms with E-state index in [-0.39, 0.29) is 5.91 Å². The molecule has 4 nitrogen and oxygen atoms in total. The Morgan fingerprint density at radius 3 is 2.75 bits per heavy atom. The summed E-state index contributed by atoms with van der Waals surface area (Å²) in [7, 11) is 0. The lowest BCUT2D eigenvalue weighted by Gasteiger charge is -2.33. The Morgan fingerprint density at radius 1 is 1.50 bits per heavy atom. The summed E-state index contributed by atoms with van der Waals surface area (Å²) >= 11 is 0. The van der Waals surface area contributed by atoms with Crippen LogP contribution in [-0.2, 0) is 4.79 Å². The van der Waals surface area contributed by atoms with E-state index in [4.69, 9.17) is 0 Å². The summed E-state index contributed by atoms with van der Waals surface area (Å²) in [6.45, 7) is 9.87. The van der Waals surface area contributed by atoms with Gasteiger partial charge in [0.25, 0.3) is 0 Å². The van der Waals surface area contributed by atoms with E-state index in [9.17, 15) is 4.79 Å². The van der Waals surface area contributed by atoms with Gasteiger partial charge in [-0.1, -0.05) is 13.8 Å². The van der Waals surface area contributed by atoms with Gasteiger partial charge < -0.3 is 10.6 Å². The Bertz CT molecular complexity index is 216. The molecular weight excluding hydrogens is 202 g/mol. The van der Waals surface area contributed by atoms with Crippen LogP contribution in [0.3, 0.4) is 0 Å². The predicted molar refractivity (Wildman–Crippen MR) is 66.4 cm³/mol. The third-order valence-electron chi connectivity index (χ3n) is 3.34. The standard InChI is InChI=1S/C12H25N3O/c1-4-11(5-2)14-12(16)9-15-7-6-13-8-10(15)3/h10-11,13H,4-9H2,1-3H3,(H,14,16)/t10-/m1/s1. The smallest absolute Gasteiger partial charge is 0.234 e. The molecular formula is C12H25N3O. The average molecular weight is 227 g/mol. The van der Waals surface area contributed by atoms with Crippen molar-refractivity contribution in [2.75, 3.05) is 26.2 Å². The average Bonchev–Trinajstić information content (AvgIpc) is 2.29. The largest absolute Gasteiger partial charge is 0.352 e. The van der Waals surface area contributed by atoms with E-state index >= 15 is 0 Å². The van der Waals surface area contributed by atoms with Crippen molar-refractivity contribution in [1.82, 2.24) is 15.5 Å². The number of amides is 1. The van der Waals surface area contributed by atoms with Crippen molar-refractivity contribution in [3.63, 3.8) is 0 Å². The zero-order chi connectivity index (χ0) is 12.0. The third kappa shape index (κ3) is 4.10. The Kier molecular flexibility index (Phi) is 5.77. The molecule has 1 rings (SSSR count). The van der Waals surface area contributed by atoms with E-state index < -0.39 is 0 Å². The van der Waals surface area contributed by atoms with Crippen LogP contribution in [0.15, 0.2) is 0 Å². The van der Waals surface area contributed by atoms with Gasteiger partial charge in [0.15, 0.2) is 0 Å². The maximum Gasteiger partial charge on any atom is 0.234 e. The molecule has 1 aliphatic rings. The molecule has 0 spiro atoms. The molecule has 0 saturated carbocycles. The number of hydrogen-bond acceptors (Lipinski definition) is 3. The summed E-state index contributed by atoms with van der Waals surface area (Å²) in [6, 6.07) is 0.798. The van der Waals surface area contributed by atoms with Crippen molar-refractivity contribution in [3.8, 4) is 0 Å². The van der Waals surface area contributed by atoms with Gasteiger partial charge in [-0.05, 0) is 19.8 Å². The van der Waals surface area contributed by atoms with Gasteiger partial charge >= 0.3 is 0 Å². The Hall–Kier alpha value is -0.610. The number of nitrogens with one attached hydrogen (secondary N) is 2. The lowest BCUT2D eigenvalue weighted by molar-refractivity contribution is -0.123. The van der Waals surface area contributed by atoms with Gasteiger partial charge in [-0.25, -0.2) is 0 Å². The Morgan fingerprint density at radius 2 is 2.19 bits per heavy atom. The van der Waals surface area contributed by atoms with E-state index in [0.717, 1.165) is 32.5 Å². The second-order valence-corrected chi connectivity index (χ2v) is 4.60. The summed E-state index contributed by atoms with van der Waals surface area (Å²) in [5.74, 6) is 0.169. The van der Waals surface area contributed by atoms with Gasteiger partial charge in [-0.2, -0.15) is 0 Å². The van der Waals surface area contributed by atoms with Gasteiger partial charge in [-0.15, -0.1) is 0 Å². The van der Waals surface area contributed by atoms with Gasteiger partial charge in [-0.3, -0.25) is 9.69 Å². The van der Waals surface area contributed by atoms with Gasteiger partial charge in [0.1, 0.15) is 0 Å². The van der Waals surface area contributed by atoms with Crippen LogP contribution < -0.4 is 10.6 Å². The predicted octanol–water partition coefficient (Wildman–Crippen LogP) is 0.585. The van der Waals surface area contributed by atoms with E-state index in [0.29, 0.717) is 18.6 Å². The highest BCUT2D eigenvalue weighted by molar-refractivity contribution is 5.78. The highest BCUT2D eigenvalue weighted by Gasteiger charge is 2.20. The lowest BCUT2D eigenvalue weighted by atomic mass is 10.1. The Balaban J connectivity index is 2.32. The molecule has 1 aliphatic heterocycles. The van der Waals surface area contributed by atoms with Crippen molar-refractivity contribution in [2.24, 2.45) is 0 Å². The number of rotatable bonds is 5. The number of carbonyl (C=O) groups is 1. The van der Waals surface area contributed by atoms with Crippen LogP contribution in [0.1, 0.15) is 33.6 Å². The van der Waals surface area contributed by atoms with Gasteiger partial charge in [0.2, 0.25) is 5.91 Å². The number of hydrogen-bond donors (Lipinski definition) is 2. The van der Waals surface area contributed by atoms with Crippen LogP contribution in [0.25, 0.3) is 0 Å². The molecule has 0 bridgehead atoms. The summed E-state index contributed by atoms with van der Waals surface area (Å²) < 4.78 is 0. The van der Waals surface area contributed by atoms with Crippen LogP contribution >= 0.6 is 0 Å². The van der Waals surface area contributed by atoms with E-state index in [1.165, 1.54) is 0 Å². The normalized spacial score (nSPS) is 22.4. The topological polar surface area (TPSA) is 44.4 Å². The van der Waals surface area contributed by atoms with Crippen LogP contribution in [-0.4, -0.2) is 49.1 Å². The second-order valence-electron chi connectivity index (χ2n) is 4.60. The minimum Gasteiger partial charge on any atom is -0.352 e. The molecule has 1 saturated heterocycles. The fourth-order valence-electron chi connectivity index (χ4n) is 2.07. The molecule has 2 N–H and O–H groups in total. The summed E-state index contributed by atoms with van der Waals surface area (Å²) in [5, 5.41) is 6.41. The molecule has 4 heteroatoms. The van der Waals surface area contributed by atoms with E-state index in [1.54, 1.807) is 0 Å². The molecule has 94 valence electrons. The molecule has 1 fully saturated rings. The van der Waals surface area contributed by atoms with Crippen LogP contribution in [0.2, 0.25) is 0 Å². The highest BCUT2D eigenvalue weighted by Crippen LogP contribution is 2.02. The van der Waals surface area contributed by atoms with Crippen molar-refractivity contribution in [3.05, 3.63) is 0 Å². The fraction of sp³-hybridized carbons (Fsp3) is 0.917. The van der Waals surface area contributed by atoms with E-state index in [1.807, 2.05) is 0 Å². The molecule has 0 radical (unpaired) electrons. The van der Waals surface area contributed by atoms with E-state index in [2.05, 4.69) is 36.3 Å². The quantitative estimate of drug-likeness (QED) is 0.722. The van der Waals surface area contributed by atoms with Gasteiger partial charge in [0, 0.05) is 31.7 Å². The van der Waals surface area contributed by atoms with Gasteiger partial charge in [0.05, 0.1) is 6.54 Å². The summed E-state index contributed by atoms with van der Waals surface area (Å²) in [5.41, 5.74) is 0. The molecule has 0 aromatic rings. The molecule has 0 aromatic carbocycles. The fourth-order valence-corrected chi connectivity index (χ4v) is 2.07. The van der Waals surface area contributed by atoms with Crippen molar-refractivity contribution >= 4 is 5.91 Å². The Labute approximate surface area is 98.8 Å². The maximum atomic E-state index is 11.8. The summed E-state index contributed by atoms with van der Waals surface area (Å²) in [4.78, 5) is 14.1. The molecule has 0 aromatic heterocycles. The number of nitrogens with zero attached hydrogens (tertiary/aromatic N) is 1. The number of carbonyl (C=O) groups excluding carboxylic acids is 1.